The maximum atomic E-state index is 13.0. The third kappa shape index (κ3) is 15.6. The predicted molar refractivity (Wildman–Crippen MR) is 263 cm³/mol. The van der Waals surface area contributed by atoms with Gasteiger partial charge < -0.3 is 16.2 Å². The Hall–Kier alpha value is -5.80. The lowest BCUT2D eigenvalue weighted by Gasteiger charge is -2.17. The zero-order valence-electron chi connectivity index (χ0n) is 38.2. The summed E-state index contributed by atoms with van der Waals surface area (Å²) in [5.74, 6) is -1.68. The molecule has 0 saturated carbocycles. The second-order valence-electron chi connectivity index (χ2n) is 15.4. The Morgan fingerprint density at radius 1 is 0.627 bits per heavy atom. The Bertz CT molecular complexity index is 2810. The van der Waals surface area contributed by atoms with Crippen LogP contribution in [0.25, 0.3) is 22.5 Å². The fraction of sp³-hybridized carbons (Fsp3) is 0.292. The van der Waals surface area contributed by atoms with Crippen molar-refractivity contribution in [1.29, 1.82) is 0 Å². The van der Waals surface area contributed by atoms with Gasteiger partial charge in [0, 0.05) is 55.6 Å². The molecule has 19 heteroatoms. The van der Waals surface area contributed by atoms with Crippen LogP contribution in [0.1, 0.15) is 70.3 Å². The van der Waals surface area contributed by atoms with Crippen LogP contribution < -0.4 is 11.1 Å². The number of benzene rings is 4. The van der Waals surface area contributed by atoms with Crippen molar-refractivity contribution in [3.8, 4) is 22.5 Å². The fourth-order valence-electron chi connectivity index (χ4n) is 6.14. The summed E-state index contributed by atoms with van der Waals surface area (Å²) in [7, 11) is -1.59. The molecule has 6 rings (SSSR count). The number of carbonyl (C=O) groups excluding carboxylic acids is 3. The summed E-state index contributed by atoms with van der Waals surface area (Å²) in [6.45, 7) is 3.97. The zero-order chi connectivity index (χ0) is 49.3. The number of nitrogens with one attached hydrogen (secondary N) is 1. The van der Waals surface area contributed by atoms with Gasteiger partial charge in [0.2, 0.25) is 20.0 Å². The molecule has 0 saturated heterocycles. The van der Waals surface area contributed by atoms with Crippen molar-refractivity contribution < 1.29 is 41.1 Å². The highest BCUT2D eigenvalue weighted by Gasteiger charge is 2.24. The number of carbonyl (C=O) groups is 4. The number of nitrogens with two attached hydrogens (primary N) is 1. The molecular formula is C48H56N6O9S4. The lowest BCUT2D eigenvalue weighted by Crippen LogP contribution is -2.41. The number of aromatic nitrogens is 2. The third-order valence-electron chi connectivity index (χ3n) is 9.91. The second-order valence-corrected chi connectivity index (χ2v) is 21.6. The summed E-state index contributed by atoms with van der Waals surface area (Å²) in [5, 5.41) is 16.9. The van der Waals surface area contributed by atoms with Gasteiger partial charge in [-0.3, -0.25) is 14.4 Å². The summed E-state index contributed by atoms with van der Waals surface area (Å²) < 4.78 is 50.2. The van der Waals surface area contributed by atoms with Crippen LogP contribution in [0.2, 0.25) is 0 Å². The van der Waals surface area contributed by atoms with E-state index in [4.69, 9.17) is 10.8 Å². The van der Waals surface area contributed by atoms with Crippen LogP contribution in [0.4, 0.5) is 0 Å². The van der Waals surface area contributed by atoms with Gasteiger partial charge in [-0.15, -0.1) is 22.7 Å². The van der Waals surface area contributed by atoms with E-state index in [1.54, 1.807) is 0 Å². The van der Waals surface area contributed by atoms with Crippen molar-refractivity contribution in [1.82, 2.24) is 23.9 Å². The predicted octanol–water partition coefficient (Wildman–Crippen LogP) is 7.45. The molecular weight excluding hydrogens is 933 g/mol. The molecule has 0 aliphatic rings. The van der Waals surface area contributed by atoms with Crippen LogP contribution in [-0.2, 0) is 42.5 Å². The molecule has 4 N–H and O–H groups in total. The highest BCUT2D eigenvalue weighted by molar-refractivity contribution is 7.89. The van der Waals surface area contributed by atoms with E-state index in [-0.39, 0.29) is 44.9 Å². The Morgan fingerprint density at radius 2 is 1.06 bits per heavy atom. The number of sulfonamides is 2. The number of ketones is 2. The Morgan fingerprint density at radius 3 is 1.49 bits per heavy atom. The number of carboxylic acids is 1. The van der Waals surface area contributed by atoms with Gasteiger partial charge in [-0.05, 0) is 49.2 Å². The van der Waals surface area contributed by atoms with E-state index in [1.807, 2.05) is 85.3 Å². The molecule has 0 fully saturated rings. The first-order chi connectivity index (χ1) is 31.8. The van der Waals surface area contributed by atoms with Gasteiger partial charge in [0.1, 0.15) is 10.0 Å². The summed E-state index contributed by atoms with van der Waals surface area (Å²) in [6, 6.07) is 29.7. The van der Waals surface area contributed by atoms with E-state index >= 15 is 0 Å². The molecule has 0 aliphatic carbocycles. The number of carboxylic acid groups (broad SMARTS) is 1. The van der Waals surface area contributed by atoms with Crippen molar-refractivity contribution in [3.05, 3.63) is 141 Å². The smallest absolute Gasteiger partial charge is 0.335 e. The number of thiazole rings is 2. The van der Waals surface area contributed by atoms with Gasteiger partial charge in [-0.2, -0.15) is 0 Å². The highest BCUT2D eigenvalue weighted by Crippen LogP contribution is 2.24. The first-order valence-corrected chi connectivity index (χ1v) is 25.8. The summed E-state index contributed by atoms with van der Waals surface area (Å²) in [4.78, 5) is 57.4. The van der Waals surface area contributed by atoms with E-state index in [0.717, 1.165) is 55.0 Å². The maximum absolute atomic E-state index is 13.0. The first kappa shape index (κ1) is 53.8. The molecule has 0 aliphatic heterocycles. The van der Waals surface area contributed by atoms with Crippen molar-refractivity contribution in [2.45, 2.75) is 74.2 Å². The SMILES string of the molecule is CCC[C@H](N)C(=O)Cc1nc(-c2ccccc2)cs1.CCC[C@H](NC(=O)c1cccc(S(=O)(=O)N(C)C)c1)C(=O)Cc1nc(-c2ccccc2)cs1.CN(C)S(=O)(=O)c1cccc(C(=O)O)c1. The van der Waals surface area contributed by atoms with Crippen LogP contribution in [0, 0.1) is 0 Å². The minimum absolute atomic E-state index is 0.0209. The fourth-order valence-corrected chi connectivity index (χ4v) is 9.67. The van der Waals surface area contributed by atoms with Crippen LogP contribution >= 0.6 is 22.7 Å². The molecule has 2 aromatic heterocycles. The van der Waals surface area contributed by atoms with E-state index in [2.05, 4.69) is 15.3 Å². The molecule has 0 spiro atoms. The Kier molecular flexibility index (Phi) is 20.4. The molecule has 6 aromatic rings. The van der Waals surface area contributed by atoms with E-state index in [9.17, 15) is 36.0 Å². The van der Waals surface area contributed by atoms with E-state index < -0.39 is 38.0 Å². The van der Waals surface area contributed by atoms with Gasteiger partial charge in [0.25, 0.3) is 5.91 Å². The molecule has 1 amide bonds. The van der Waals surface area contributed by atoms with Gasteiger partial charge in [0.05, 0.1) is 51.7 Å². The van der Waals surface area contributed by atoms with Crippen molar-refractivity contribution >= 4 is 66.2 Å². The summed E-state index contributed by atoms with van der Waals surface area (Å²) in [5.41, 5.74) is 9.77. The average molecular weight is 989 g/mol. The van der Waals surface area contributed by atoms with E-state index in [1.165, 1.54) is 93.3 Å². The minimum atomic E-state index is -3.67. The average Bonchev–Trinajstić information content (AvgIpc) is 4.00. The number of hydrogen-bond acceptors (Lipinski definition) is 13. The van der Waals surface area contributed by atoms with Crippen molar-refractivity contribution in [3.63, 3.8) is 0 Å². The molecule has 2 heterocycles. The maximum Gasteiger partial charge on any atom is 0.335 e. The van der Waals surface area contributed by atoms with Crippen molar-refractivity contribution in [2.75, 3.05) is 28.2 Å². The number of hydrogen-bond donors (Lipinski definition) is 3. The Balaban J connectivity index is 0.000000243. The monoisotopic (exact) mass is 988 g/mol. The number of rotatable bonds is 19. The van der Waals surface area contributed by atoms with Gasteiger partial charge in [-0.1, -0.05) is 99.5 Å². The standard InChI is InChI=1S/C24H27N3O4S2.C15H18N2OS.C9H11NO4S/c1-4-9-20(22(28)15-23-25-21(16-32-23)17-10-6-5-7-11-17)26-24(29)18-12-8-13-19(14-18)33(30,31)27(2)3;1-2-6-12(16)14(18)9-15-17-13(10-19-15)11-7-4-3-5-8-11;1-10(2)15(13,14)8-5-3-4-7(6-8)9(11)12/h5-8,10-14,16,20H,4,9,15H2,1-3H3,(H,26,29);3-5,7-8,10,12H,2,6,9,16H2,1H3;3-6H,1-2H3,(H,11,12)/t20-;12-;/m00./s1. The Labute approximate surface area is 400 Å². The minimum Gasteiger partial charge on any atom is -0.478 e. The molecule has 0 unspecified atom stereocenters. The van der Waals surface area contributed by atoms with Crippen LogP contribution in [0.3, 0.4) is 0 Å². The van der Waals surface area contributed by atoms with Crippen LogP contribution in [-0.4, -0.2) is 104 Å². The largest absolute Gasteiger partial charge is 0.478 e. The molecule has 2 atom stereocenters. The second kappa shape index (κ2) is 25.4. The van der Waals surface area contributed by atoms with Crippen LogP contribution in [0.15, 0.2) is 130 Å². The molecule has 67 heavy (non-hydrogen) atoms. The van der Waals surface area contributed by atoms with Crippen LogP contribution in [0.5, 0.6) is 0 Å². The quantitative estimate of drug-likeness (QED) is 0.0719. The van der Waals surface area contributed by atoms with E-state index in [0.29, 0.717) is 24.3 Å². The number of Topliss-reactive ketones (excluding diaryl/α,β-unsaturated/α-hetero) is 2. The van der Waals surface area contributed by atoms with Gasteiger partial charge in [-0.25, -0.2) is 40.2 Å². The topological polar surface area (TPSA) is 227 Å². The van der Waals surface area contributed by atoms with Gasteiger partial charge >= 0.3 is 5.97 Å². The summed E-state index contributed by atoms with van der Waals surface area (Å²) >= 11 is 2.94. The number of amides is 1. The lowest BCUT2D eigenvalue weighted by molar-refractivity contribution is -0.120. The zero-order valence-corrected chi connectivity index (χ0v) is 41.4. The molecule has 4 aromatic carbocycles. The van der Waals surface area contributed by atoms with Crippen molar-refractivity contribution in [2.24, 2.45) is 5.73 Å². The number of nitrogens with zero attached hydrogens (tertiary/aromatic N) is 4. The first-order valence-electron chi connectivity index (χ1n) is 21.2. The summed E-state index contributed by atoms with van der Waals surface area (Å²) in [6.07, 6.45) is 3.34. The molecule has 356 valence electrons. The number of aromatic carboxylic acids is 1. The highest BCUT2D eigenvalue weighted by atomic mass is 32.2. The third-order valence-corrected chi connectivity index (χ3v) is 15.2. The van der Waals surface area contributed by atoms with Gasteiger partial charge in [0.15, 0.2) is 11.6 Å². The molecule has 0 bridgehead atoms. The normalized spacial score (nSPS) is 12.3. The molecule has 0 radical (unpaired) electrons. The lowest BCUT2D eigenvalue weighted by atomic mass is 10.0. The molecule has 15 nitrogen and oxygen atoms in total.